The summed E-state index contributed by atoms with van der Waals surface area (Å²) in [5.74, 6) is -1.70. The molecule has 0 spiro atoms. The predicted molar refractivity (Wildman–Crippen MR) is 114 cm³/mol. The van der Waals surface area contributed by atoms with Crippen LogP contribution in [0.15, 0.2) is 71.1 Å². The molecule has 0 aliphatic carbocycles. The van der Waals surface area contributed by atoms with Gasteiger partial charge in [-0.15, -0.1) is 0 Å². The van der Waals surface area contributed by atoms with Gasteiger partial charge in [-0.05, 0) is 47.5 Å². The number of anilines is 2. The second-order valence-electron chi connectivity index (χ2n) is 6.77. The number of ether oxygens (including phenoxy) is 1. The highest BCUT2D eigenvalue weighted by molar-refractivity contribution is 6.05. The summed E-state index contributed by atoms with van der Waals surface area (Å²) < 4.78 is 23.9. The second kappa shape index (κ2) is 8.24. The predicted octanol–water partition coefficient (Wildman–Crippen LogP) is 5.71. The Morgan fingerprint density at radius 3 is 2.44 bits per heavy atom. The molecule has 1 aromatic heterocycles. The van der Waals surface area contributed by atoms with Crippen LogP contribution in [0.4, 0.5) is 20.8 Å². The average molecular weight is 430 g/mol. The molecule has 0 saturated carbocycles. The quantitative estimate of drug-likeness (QED) is 0.444. The third-order valence-electron chi connectivity index (χ3n) is 4.88. The van der Waals surface area contributed by atoms with Crippen LogP contribution >= 0.6 is 0 Å². The number of carbonyl (C=O) groups excluding carboxylic acids is 1. The van der Waals surface area contributed by atoms with Gasteiger partial charge in [-0.3, -0.25) is 0 Å². The molecule has 0 aliphatic rings. The van der Waals surface area contributed by atoms with E-state index in [-0.39, 0.29) is 28.5 Å². The second-order valence-corrected chi connectivity index (χ2v) is 6.77. The van der Waals surface area contributed by atoms with Crippen molar-refractivity contribution >= 4 is 34.6 Å². The van der Waals surface area contributed by atoms with Gasteiger partial charge >= 0.3 is 12.1 Å². The maximum atomic E-state index is 13.2. The number of fused-ring (bicyclic) bond motifs is 1. The first-order chi connectivity index (χ1) is 15.4. The first-order valence-electron chi connectivity index (χ1n) is 9.37. The molecule has 0 aliphatic heterocycles. The smallest absolute Gasteiger partial charge is 0.421 e. The Hall–Kier alpha value is -4.64. The number of nitrogens with zero attached hydrogens (tertiary/aromatic N) is 2. The van der Waals surface area contributed by atoms with Gasteiger partial charge in [0.1, 0.15) is 23.0 Å². The van der Waals surface area contributed by atoms with E-state index >= 15 is 0 Å². The first-order valence-corrected chi connectivity index (χ1v) is 9.37. The van der Waals surface area contributed by atoms with Crippen molar-refractivity contribution in [3.63, 3.8) is 0 Å². The van der Waals surface area contributed by atoms with E-state index in [4.69, 9.17) is 9.15 Å². The highest BCUT2D eigenvalue weighted by Crippen LogP contribution is 2.36. The van der Waals surface area contributed by atoms with E-state index in [1.54, 1.807) is 36.4 Å². The minimum atomic E-state index is -1.37. The lowest BCUT2D eigenvalue weighted by molar-refractivity contribution is 0.0697. The highest BCUT2D eigenvalue weighted by Gasteiger charge is 2.29. The van der Waals surface area contributed by atoms with Crippen LogP contribution in [-0.4, -0.2) is 24.3 Å². The van der Waals surface area contributed by atoms with E-state index in [0.29, 0.717) is 11.0 Å². The van der Waals surface area contributed by atoms with Gasteiger partial charge in [0.25, 0.3) is 0 Å². The molecule has 158 valence electrons. The Kier molecular flexibility index (Phi) is 5.31. The van der Waals surface area contributed by atoms with Gasteiger partial charge in [-0.2, -0.15) is 5.26 Å². The molecule has 1 N–H and O–H groups in total. The number of hydrogen-bond donors (Lipinski definition) is 1. The number of methoxy groups -OCH3 is 1. The molecule has 0 radical (unpaired) electrons. The number of rotatable bonds is 4. The maximum absolute atomic E-state index is 13.2. The van der Waals surface area contributed by atoms with Gasteiger partial charge in [0.05, 0.1) is 18.4 Å². The van der Waals surface area contributed by atoms with Crippen LogP contribution < -0.4 is 4.90 Å². The monoisotopic (exact) mass is 430 g/mol. The van der Waals surface area contributed by atoms with Gasteiger partial charge in [-0.25, -0.2) is 18.9 Å². The van der Waals surface area contributed by atoms with Crippen molar-refractivity contribution in [3.05, 3.63) is 83.7 Å². The standard InChI is InChI=1S/C24H15FN2O5/c1-31-24(30)27(19-4-2-3-16(13-26)22(19)23(28)29)21-12-17-11-15(7-10-20(17)32-21)14-5-8-18(25)9-6-14/h2-12H,1H3,(H,28,29). The molecule has 32 heavy (non-hydrogen) atoms. The summed E-state index contributed by atoms with van der Waals surface area (Å²) in [5.41, 5.74) is 1.49. The molecule has 4 aromatic rings. The summed E-state index contributed by atoms with van der Waals surface area (Å²) in [5, 5.41) is 19.6. The normalized spacial score (nSPS) is 10.5. The molecule has 7 nitrogen and oxygen atoms in total. The number of carboxylic acids is 1. The SMILES string of the molecule is COC(=O)N(c1cc2cc(-c3ccc(F)cc3)ccc2o1)c1cccc(C#N)c1C(=O)O. The Morgan fingerprint density at radius 1 is 1.06 bits per heavy atom. The summed E-state index contributed by atoms with van der Waals surface area (Å²) in [4.78, 5) is 25.4. The molecule has 1 amide bonds. The van der Waals surface area contributed by atoms with Crippen LogP contribution in [-0.2, 0) is 4.74 Å². The highest BCUT2D eigenvalue weighted by atomic mass is 19.1. The fourth-order valence-electron chi connectivity index (χ4n) is 3.40. The van der Waals surface area contributed by atoms with Crippen LogP contribution in [0.3, 0.4) is 0 Å². The number of benzene rings is 3. The molecule has 0 saturated heterocycles. The molecule has 0 bridgehead atoms. The van der Waals surface area contributed by atoms with Crippen LogP contribution in [0.2, 0.25) is 0 Å². The van der Waals surface area contributed by atoms with E-state index in [9.17, 15) is 24.3 Å². The molecule has 8 heteroatoms. The number of hydrogen-bond acceptors (Lipinski definition) is 5. The maximum Gasteiger partial charge on any atom is 0.421 e. The van der Waals surface area contributed by atoms with Gasteiger partial charge < -0.3 is 14.3 Å². The summed E-state index contributed by atoms with van der Waals surface area (Å²) >= 11 is 0. The number of carbonyl (C=O) groups is 2. The number of halogens is 1. The van der Waals surface area contributed by atoms with Crippen LogP contribution in [0.25, 0.3) is 22.1 Å². The minimum absolute atomic E-state index is 0.0145. The number of amides is 1. The van der Waals surface area contributed by atoms with Crippen molar-refractivity contribution in [2.24, 2.45) is 0 Å². The van der Waals surface area contributed by atoms with Gasteiger partial charge in [-0.1, -0.05) is 24.3 Å². The van der Waals surface area contributed by atoms with Crippen molar-refractivity contribution in [3.8, 4) is 17.2 Å². The van der Waals surface area contributed by atoms with Gasteiger partial charge in [0, 0.05) is 11.5 Å². The average Bonchev–Trinajstić information content (AvgIpc) is 3.21. The molecule has 0 atom stereocenters. The number of furan rings is 1. The summed E-state index contributed by atoms with van der Waals surface area (Å²) in [6, 6.07) is 18.8. The zero-order valence-corrected chi connectivity index (χ0v) is 16.7. The van der Waals surface area contributed by atoms with E-state index in [2.05, 4.69) is 0 Å². The van der Waals surface area contributed by atoms with Gasteiger partial charge in [0.2, 0.25) is 5.88 Å². The first kappa shape index (κ1) is 20.6. The fraction of sp³-hybridized carbons (Fsp3) is 0.0417. The van der Waals surface area contributed by atoms with Crippen molar-refractivity contribution in [1.29, 1.82) is 5.26 Å². The van der Waals surface area contributed by atoms with Crippen LogP contribution in [0, 0.1) is 17.1 Å². The van der Waals surface area contributed by atoms with E-state index in [1.165, 1.54) is 30.3 Å². The lowest BCUT2D eigenvalue weighted by Crippen LogP contribution is -2.27. The van der Waals surface area contributed by atoms with E-state index < -0.39 is 12.1 Å². The zero-order chi connectivity index (χ0) is 22.8. The summed E-state index contributed by atoms with van der Waals surface area (Å²) in [6.45, 7) is 0. The Bertz CT molecular complexity index is 1390. The van der Waals surface area contributed by atoms with Crippen LogP contribution in [0.5, 0.6) is 0 Å². The lowest BCUT2D eigenvalue weighted by Gasteiger charge is -2.20. The third-order valence-corrected chi connectivity index (χ3v) is 4.88. The Morgan fingerprint density at radius 2 is 1.78 bits per heavy atom. The van der Waals surface area contributed by atoms with Gasteiger partial charge in [0.15, 0.2) is 0 Å². The van der Waals surface area contributed by atoms with Crippen molar-refractivity contribution in [1.82, 2.24) is 0 Å². The van der Waals surface area contributed by atoms with Crippen molar-refractivity contribution in [2.75, 3.05) is 12.0 Å². The Balaban J connectivity index is 1.86. The molecule has 1 heterocycles. The molecular weight excluding hydrogens is 415 g/mol. The minimum Gasteiger partial charge on any atom is -0.478 e. The van der Waals surface area contributed by atoms with E-state index in [0.717, 1.165) is 23.1 Å². The van der Waals surface area contributed by atoms with Crippen molar-refractivity contribution < 1.29 is 28.2 Å². The van der Waals surface area contributed by atoms with Crippen LogP contribution in [0.1, 0.15) is 15.9 Å². The molecule has 0 fully saturated rings. The molecular formula is C24H15FN2O5. The molecule has 4 rings (SSSR count). The fourth-order valence-corrected chi connectivity index (χ4v) is 3.40. The summed E-state index contributed by atoms with van der Waals surface area (Å²) in [7, 11) is 1.15. The van der Waals surface area contributed by atoms with E-state index in [1.807, 2.05) is 6.07 Å². The number of carboxylic acid groups (broad SMARTS) is 1. The number of aromatic carboxylic acids is 1. The Labute approximate surface area is 181 Å². The summed E-state index contributed by atoms with van der Waals surface area (Å²) in [6.07, 6.45) is -0.889. The third kappa shape index (κ3) is 3.63. The van der Waals surface area contributed by atoms with Crippen molar-refractivity contribution in [2.45, 2.75) is 0 Å². The zero-order valence-electron chi connectivity index (χ0n) is 16.7. The largest absolute Gasteiger partial charge is 0.478 e. The molecule has 3 aromatic carbocycles. The topological polar surface area (TPSA) is 104 Å². The lowest BCUT2D eigenvalue weighted by atomic mass is 10.0. The number of nitriles is 1. The molecule has 0 unspecified atom stereocenters.